The Balaban J connectivity index is 1.35. The summed E-state index contributed by atoms with van der Waals surface area (Å²) in [6, 6.07) is 9.40. The maximum absolute atomic E-state index is 15.3. The Bertz CT molecular complexity index is 1430. The molecule has 8 nitrogen and oxygen atoms in total. The van der Waals surface area contributed by atoms with E-state index in [2.05, 4.69) is 10.6 Å². The van der Waals surface area contributed by atoms with E-state index in [1.807, 2.05) is 13.8 Å². The number of halogens is 2. The minimum absolute atomic E-state index is 0.0140. The number of anilines is 1. The molecule has 3 heterocycles. The number of ether oxygens (including phenoxy) is 1. The van der Waals surface area contributed by atoms with Gasteiger partial charge in [0.2, 0.25) is 15.9 Å². The lowest BCUT2D eigenvalue weighted by molar-refractivity contribution is -0.119. The summed E-state index contributed by atoms with van der Waals surface area (Å²) >= 11 is 0. The number of hydrogen-bond acceptors (Lipinski definition) is 6. The zero-order valence-corrected chi connectivity index (χ0v) is 26.9. The molecule has 3 fully saturated rings. The molecule has 3 aliphatic rings. The first-order valence-electron chi connectivity index (χ1n) is 15.8. The fourth-order valence-electron chi connectivity index (χ4n) is 7.36. The Morgan fingerprint density at radius 3 is 2.50 bits per heavy atom. The molecule has 0 aromatic heterocycles. The van der Waals surface area contributed by atoms with Gasteiger partial charge in [-0.2, -0.15) is 4.31 Å². The van der Waals surface area contributed by atoms with E-state index in [1.54, 1.807) is 36.4 Å². The fraction of sp³-hybridized carbons (Fsp3) is 0.606. The molecule has 3 aliphatic heterocycles. The summed E-state index contributed by atoms with van der Waals surface area (Å²) in [4.78, 5) is 13.7. The van der Waals surface area contributed by atoms with Gasteiger partial charge in [-0.25, -0.2) is 17.2 Å². The van der Waals surface area contributed by atoms with E-state index in [0.29, 0.717) is 50.0 Å². The highest BCUT2D eigenvalue weighted by molar-refractivity contribution is 7.90. The third-order valence-electron chi connectivity index (χ3n) is 9.84. The molecule has 4 N–H and O–H groups in total. The van der Waals surface area contributed by atoms with Crippen molar-refractivity contribution in [2.24, 2.45) is 11.7 Å². The van der Waals surface area contributed by atoms with Crippen LogP contribution in [0.3, 0.4) is 0 Å². The summed E-state index contributed by atoms with van der Waals surface area (Å²) < 4.78 is 62.9. The minimum Gasteiger partial charge on any atom is -0.376 e. The summed E-state index contributed by atoms with van der Waals surface area (Å²) in [7, 11) is -3.55. The number of sulfonamides is 1. The zero-order valence-electron chi connectivity index (χ0n) is 26.1. The minimum atomic E-state index is -3.55. The van der Waals surface area contributed by atoms with E-state index in [-0.39, 0.29) is 42.4 Å². The molecule has 1 amide bonds. The number of nitrogens with one attached hydrogen (secondary N) is 2. The normalized spacial score (nSPS) is 31.0. The highest BCUT2D eigenvalue weighted by atomic mass is 32.2. The second kappa shape index (κ2) is 13.1. The number of piperazine rings is 1. The topological polar surface area (TPSA) is 114 Å². The standard InChI is InChI=1S/C33H46F2N4O4S/c1-20-16-23(17-21(2)43-20)30(22-8-10-24(34)11-9-22)31(36)32(40)38-29-7-5-6-28(35)27(29)13-12-26-18-37-25-14-15-33(3,4)44(41,42)39(26)19-25/h5-11,20-21,23,25-26,30-31,37H,12-19,36H2,1-4H3,(H,38,40)/t20-,21+,23?,25-,26+,30+,31+/m1/s1. The third-order valence-corrected chi connectivity index (χ3v) is 12.5. The molecule has 3 saturated heterocycles. The molecular formula is C33H46F2N4O4S. The maximum Gasteiger partial charge on any atom is 0.241 e. The summed E-state index contributed by atoms with van der Waals surface area (Å²) in [5, 5.41) is 6.37. The van der Waals surface area contributed by atoms with Crippen LogP contribution in [0.5, 0.6) is 0 Å². The summed E-state index contributed by atoms with van der Waals surface area (Å²) in [6.07, 6.45) is 3.35. The molecule has 5 rings (SSSR count). The monoisotopic (exact) mass is 632 g/mol. The molecule has 8 atom stereocenters. The van der Waals surface area contributed by atoms with Crippen molar-refractivity contribution < 1.29 is 26.7 Å². The molecular weight excluding hydrogens is 586 g/mol. The van der Waals surface area contributed by atoms with E-state index in [1.165, 1.54) is 24.3 Å². The van der Waals surface area contributed by atoms with Gasteiger partial charge in [-0.05, 0) is 102 Å². The summed E-state index contributed by atoms with van der Waals surface area (Å²) in [6.45, 7) is 8.43. The number of hydrogen-bond donors (Lipinski definition) is 3. The molecule has 2 unspecified atom stereocenters. The summed E-state index contributed by atoms with van der Waals surface area (Å²) in [5.74, 6) is -1.69. The van der Waals surface area contributed by atoms with Crippen molar-refractivity contribution in [1.82, 2.24) is 9.62 Å². The quantitative estimate of drug-likeness (QED) is 0.389. The number of nitrogens with zero attached hydrogens (tertiary/aromatic N) is 1. The first kappa shape index (κ1) is 32.9. The number of rotatable bonds is 8. The predicted octanol–water partition coefficient (Wildman–Crippen LogP) is 4.70. The zero-order chi connectivity index (χ0) is 31.8. The van der Waals surface area contributed by atoms with Gasteiger partial charge in [0.25, 0.3) is 0 Å². The van der Waals surface area contributed by atoms with Crippen LogP contribution in [0.4, 0.5) is 14.5 Å². The third kappa shape index (κ3) is 6.87. The molecule has 2 aromatic carbocycles. The summed E-state index contributed by atoms with van der Waals surface area (Å²) in [5.41, 5.74) is 8.08. The predicted molar refractivity (Wildman–Crippen MR) is 168 cm³/mol. The van der Waals surface area contributed by atoms with Crippen molar-refractivity contribution in [2.75, 3.05) is 18.4 Å². The van der Waals surface area contributed by atoms with E-state index >= 15 is 4.39 Å². The van der Waals surface area contributed by atoms with Gasteiger partial charge in [-0.3, -0.25) is 4.79 Å². The van der Waals surface area contributed by atoms with Gasteiger partial charge in [-0.1, -0.05) is 18.2 Å². The lowest BCUT2D eigenvalue weighted by atomic mass is 9.74. The molecule has 0 spiro atoms. The Hall–Kier alpha value is -2.44. The van der Waals surface area contributed by atoms with Crippen LogP contribution in [0.25, 0.3) is 0 Å². The van der Waals surface area contributed by atoms with Crippen LogP contribution in [0.1, 0.15) is 76.8 Å². The van der Waals surface area contributed by atoms with Crippen molar-refractivity contribution in [1.29, 1.82) is 0 Å². The lowest BCUT2D eigenvalue weighted by Crippen LogP contribution is -2.58. The molecule has 242 valence electrons. The number of benzene rings is 2. The fourth-order valence-corrected chi connectivity index (χ4v) is 9.32. The first-order chi connectivity index (χ1) is 20.8. The molecule has 11 heteroatoms. The molecule has 2 bridgehead atoms. The second-order valence-corrected chi connectivity index (χ2v) is 16.0. The van der Waals surface area contributed by atoms with Gasteiger partial charge in [0.1, 0.15) is 11.6 Å². The average molecular weight is 633 g/mol. The van der Waals surface area contributed by atoms with Crippen LogP contribution in [0.2, 0.25) is 0 Å². The molecule has 0 saturated carbocycles. The van der Waals surface area contributed by atoms with Crippen LogP contribution >= 0.6 is 0 Å². The largest absolute Gasteiger partial charge is 0.376 e. The van der Waals surface area contributed by atoms with Crippen molar-refractivity contribution in [2.45, 2.75) is 107 Å². The van der Waals surface area contributed by atoms with Gasteiger partial charge in [0, 0.05) is 42.3 Å². The van der Waals surface area contributed by atoms with E-state index in [0.717, 1.165) is 12.0 Å². The van der Waals surface area contributed by atoms with Crippen LogP contribution < -0.4 is 16.4 Å². The van der Waals surface area contributed by atoms with Crippen molar-refractivity contribution in [3.05, 3.63) is 65.2 Å². The number of nitrogens with two attached hydrogens (primary N) is 1. The maximum atomic E-state index is 15.3. The van der Waals surface area contributed by atoms with Crippen molar-refractivity contribution in [3.63, 3.8) is 0 Å². The van der Waals surface area contributed by atoms with Crippen molar-refractivity contribution in [3.8, 4) is 0 Å². The number of fused-ring (bicyclic) bond motifs is 2. The Morgan fingerprint density at radius 1 is 1.14 bits per heavy atom. The lowest BCUT2D eigenvalue weighted by Gasteiger charge is -2.39. The molecule has 2 aromatic rings. The number of carbonyl (C=O) groups is 1. The molecule has 44 heavy (non-hydrogen) atoms. The molecule has 0 radical (unpaired) electrons. The molecule has 0 aliphatic carbocycles. The second-order valence-electron chi connectivity index (χ2n) is 13.5. The number of carbonyl (C=O) groups excluding carboxylic acids is 1. The van der Waals surface area contributed by atoms with Gasteiger partial charge in [0.05, 0.1) is 23.0 Å². The van der Waals surface area contributed by atoms with Crippen LogP contribution in [0, 0.1) is 17.6 Å². The Morgan fingerprint density at radius 2 is 1.82 bits per heavy atom. The van der Waals surface area contributed by atoms with E-state index in [9.17, 15) is 17.6 Å². The number of amides is 1. The van der Waals surface area contributed by atoms with Gasteiger partial charge < -0.3 is 21.1 Å². The Kier molecular flexibility index (Phi) is 9.82. The van der Waals surface area contributed by atoms with E-state index < -0.39 is 38.5 Å². The average Bonchev–Trinajstić information content (AvgIpc) is 3.02. The van der Waals surface area contributed by atoms with Gasteiger partial charge in [-0.15, -0.1) is 0 Å². The first-order valence-corrected chi connectivity index (χ1v) is 17.2. The van der Waals surface area contributed by atoms with Crippen LogP contribution in [-0.4, -0.2) is 66.8 Å². The smallest absolute Gasteiger partial charge is 0.241 e. The highest BCUT2D eigenvalue weighted by Crippen LogP contribution is 2.39. The van der Waals surface area contributed by atoms with E-state index in [4.69, 9.17) is 10.5 Å². The van der Waals surface area contributed by atoms with Gasteiger partial charge in [0.15, 0.2) is 0 Å². The Labute approximate surface area is 260 Å². The van der Waals surface area contributed by atoms with Crippen molar-refractivity contribution >= 4 is 21.6 Å². The van der Waals surface area contributed by atoms with Gasteiger partial charge >= 0.3 is 0 Å². The highest BCUT2D eigenvalue weighted by Gasteiger charge is 2.47. The van der Waals surface area contributed by atoms with Crippen LogP contribution in [-0.2, 0) is 26.0 Å². The SMILES string of the molecule is C[C@@H]1CC([C@H](c2ccc(F)cc2)[C@H](N)C(=O)Nc2cccc(F)c2CC[C@H]2CN[C@@H]3CCC(C)(C)S(=O)(=O)N2C3)C[C@H](C)O1. The van der Waals surface area contributed by atoms with Crippen LogP contribution in [0.15, 0.2) is 42.5 Å².